The maximum Gasteiger partial charge on any atom is 0.179 e. The van der Waals surface area contributed by atoms with Crippen LogP contribution in [0.25, 0.3) is 10.6 Å². The molecule has 0 radical (unpaired) electrons. The summed E-state index contributed by atoms with van der Waals surface area (Å²) < 4.78 is 10.8. The molecule has 2 aromatic rings. The second-order valence-electron chi connectivity index (χ2n) is 3.28. The van der Waals surface area contributed by atoms with E-state index in [1.165, 1.54) is 0 Å². The third-order valence-corrected chi connectivity index (χ3v) is 3.65. The quantitative estimate of drug-likeness (QED) is 0.828. The third-order valence-electron chi connectivity index (χ3n) is 2.07. The molecular weight excluding hydrogens is 306 g/mol. The summed E-state index contributed by atoms with van der Waals surface area (Å²) in [5.41, 5.74) is 0.936. The summed E-state index contributed by atoms with van der Waals surface area (Å²) >= 11 is 4.87. The fraction of sp³-hybridized carbons (Fsp3) is 0.400. The summed E-state index contributed by atoms with van der Waals surface area (Å²) in [5.74, 6) is 0. The van der Waals surface area contributed by atoms with Crippen molar-refractivity contribution in [2.45, 2.75) is 6.54 Å². The lowest BCUT2D eigenvalue weighted by molar-refractivity contribution is 0.199. The zero-order valence-electron chi connectivity index (χ0n) is 9.27. The van der Waals surface area contributed by atoms with E-state index in [1.54, 1.807) is 24.7 Å². The Morgan fingerprint density at radius 2 is 2.41 bits per heavy atom. The number of hydrogen-bond acceptors (Lipinski definition) is 6. The number of furan rings is 1. The molecule has 0 spiro atoms. The fourth-order valence-corrected chi connectivity index (χ4v) is 2.64. The Bertz CT molecular complexity index is 472. The zero-order chi connectivity index (χ0) is 12.1. The molecule has 1 N–H and O–H groups in total. The van der Waals surface area contributed by atoms with Crippen LogP contribution in [0, 0.1) is 0 Å². The molecule has 0 atom stereocenters. The first-order valence-electron chi connectivity index (χ1n) is 5.06. The van der Waals surface area contributed by atoms with Crippen LogP contribution in [0.1, 0.15) is 5.01 Å². The summed E-state index contributed by atoms with van der Waals surface area (Å²) in [7, 11) is 1.68. The van der Waals surface area contributed by atoms with Crippen LogP contribution in [0.5, 0.6) is 0 Å². The maximum absolute atomic E-state index is 5.16. The lowest BCUT2D eigenvalue weighted by atomic mass is 10.4. The molecule has 0 saturated carbocycles. The van der Waals surface area contributed by atoms with Crippen LogP contribution < -0.4 is 5.32 Å². The smallest absolute Gasteiger partial charge is 0.179 e. The average molecular weight is 318 g/mol. The van der Waals surface area contributed by atoms with Gasteiger partial charge in [0.25, 0.3) is 0 Å². The molecule has 5 nitrogen and oxygen atoms in total. The van der Waals surface area contributed by atoms with E-state index in [0.717, 1.165) is 22.1 Å². The number of ether oxygens (including phenoxy) is 1. The van der Waals surface area contributed by atoms with Gasteiger partial charge in [-0.2, -0.15) is 0 Å². The molecule has 2 aromatic heterocycles. The first-order valence-corrected chi connectivity index (χ1v) is 6.67. The highest BCUT2D eigenvalue weighted by Gasteiger charge is 2.11. The van der Waals surface area contributed by atoms with Crippen molar-refractivity contribution in [2.75, 3.05) is 20.3 Å². The van der Waals surface area contributed by atoms with Gasteiger partial charge in [-0.15, -0.1) is 10.2 Å². The highest BCUT2D eigenvalue weighted by molar-refractivity contribution is 9.10. The van der Waals surface area contributed by atoms with Crippen LogP contribution >= 0.6 is 27.3 Å². The first kappa shape index (κ1) is 12.7. The first-order chi connectivity index (χ1) is 8.31. The van der Waals surface area contributed by atoms with Crippen LogP contribution in [0.2, 0.25) is 0 Å². The van der Waals surface area contributed by atoms with Crippen molar-refractivity contribution in [3.8, 4) is 10.6 Å². The predicted octanol–water partition coefficient (Wildman–Crippen LogP) is 2.30. The molecule has 17 heavy (non-hydrogen) atoms. The van der Waals surface area contributed by atoms with Gasteiger partial charge in [0.15, 0.2) is 9.68 Å². The van der Waals surface area contributed by atoms with Gasteiger partial charge >= 0.3 is 0 Å². The van der Waals surface area contributed by atoms with E-state index in [4.69, 9.17) is 9.15 Å². The topological polar surface area (TPSA) is 60.2 Å². The minimum atomic E-state index is 0.688. The molecule has 0 unspecified atom stereocenters. The number of nitrogens with zero attached hydrogens (tertiary/aromatic N) is 2. The molecular formula is C10H12BrN3O2S. The van der Waals surface area contributed by atoms with Gasteiger partial charge in [0, 0.05) is 20.2 Å². The number of nitrogens with one attached hydrogen (secondary N) is 1. The Kier molecular flexibility index (Phi) is 4.66. The average Bonchev–Trinajstić information content (AvgIpc) is 2.93. The number of halogens is 1. The maximum atomic E-state index is 5.16. The Hall–Kier alpha value is -0.760. The van der Waals surface area contributed by atoms with Crippen molar-refractivity contribution in [3.63, 3.8) is 0 Å². The van der Waals surface area contributed by atoms with Gasteiger partial charge < -0.3 is 14.5 Å². The van der Waals surface area contributed by atoms with Gasteiger partial charge in [0.2, 0.25) is 0 Å². The lowest BCUT2D eigenvalue weighted by Crippen LogP contribution is -2.18. The van der Waals surface area contributed by atoms with Gasteiger partial charge in [0.1, 0.15) is 5.01 Å². The molecule has 0 aliphatic heterocycles. The standard InChI is InChI=1S/C10H12BrN3O2S/c1-15-5-3-12-6-8-13-14-10(17-8)7-2-4-16-9(7)11/h2,4,12H,3,5-6H2,1H3. The van der Waals surface area contributed by atoms with E-state index in [0.29, 0.717) is 17.8 Å². The van der Waals surface area contributed by atoms with Gasteiger partial charge in [-0.3, -0.25) is 0 Å². The Labute approximate surface area is 111 Å². The number of aromatic nitrogens is 2. The predicted molar refractivity (Wildman–Crippen MR) is 68.9 cm³/mol. The number of rotatable bonds is 6. The Balaban J connectivity index is 1.95. The summed E-state index contributed by atoms with van der Waals surface area (Å²) in [6, 6.07) is 1.87. The minimum absolute atomic E-state index is 0.688. The fourth-order valence-electron chi connectivity index (χ4n) is 1.25. The van der Waals surface area contributed by atoms with Crippen molar-refractivity contribution < 1.29 is 9.15 Å². The molecule has 2 rings (SSSR count). The van der Waals surface area contributed by atoms with E-state index in [-0.39, 0.29) is 0 Å². The molecule has 0 bridgehead atoms. The van der Waals surface area contributed by atoms with E-state index < -0.39 is 0 Å². The van der Waals surface area contributed by atoms with Crippen LogP contribution in [0.3, 0.4) is 0 Å². The molecule has 7 heteroatoms. The van der Waals surface area contributed by atoms with Gasteiger partial charge in [-0.05, 0) is 22.0 Å². The second kappa shape index (κ2) is 6.25. The van der Waals surface area contributed by atoms with Crippen LogP contribution in [-0.4, -0.2) is 30.5 Å². The van der Waals surface area contributed by atoms with Crippen LogP contribution in [0.15, 0.2) is 21.4 Å². The SMILES string of the molecule is COCCNCc1nnc(-c2ccoc2Br)s1. The molecule has 0 aliphatic rings. The van der Waals surface area contributed by atoms with Crippen LogP contribution in [-0.2, 0) is 11.3 Å². The molecule has 0 fully saturated rings. The summed E-state index contributed by atoms with van der Waals surface area (Å²) in [4.78, 5) is 0. The van der Waals surface area contributed by atoms with E-state index in [2.05, 4.69) is 31.4 Å². The zero-order valence-corrected chi connectivity index (χ0v) is 11.7. The molecule has 0 aliphatic carbocycles. The van der Waals surface area contributed by atoms with Crippen molar-refractivity contribution in [1.82, 2.24) is 15.5 Å². The summed E-state index contributed by atoms with van der Waals surface area (Å²) in [6.07, 6.45) is 1.62. The molecule has 0 saturated heterocycles. The third kappa shape index (κ3) is 3.35. The highest BCUT2D eigenvalue weighted by Crippen LogP contribution is 2.31. The van der Waals surface area contributed by atoms with Gasteiger partial charge in [-0.25, -0.2) is 0 Å². The number of methoxy groups -OCH3 is 1. The van der Waals surface area contributed by atoms with Crippen molar-refractivity contribution >= 4 is 27.3 Å². The van der Waals surface area contributed by atoms with Gasteiger partial charge in [0.05, 0.1) is 18.4 Å². The van der Waals surface area contributed by atoms with E-state index in [1.807, 2.05) is 6.07 Å². The monoisotopic (exact) mass is 317 g/mol. The molecule has 0 aromatic carbocycles. The minimum Gasteiger partial charge on any atom is -0.457 e. The molecule has 92 valence electrons. The Morgan fingerprint density at radius 1 is 1.53 bits per heavy atom. The second-order valence-corrected chi connectivity index (χ2v) is 5.06. The molecule has 0 amide bonds. The Morgan fingerprint density at radius 3 is 3.12 bits per heavy atom. The van der Waals surface area contributed by atoms with Crippen molar-refractivity contribution in [1.29, 1.82) is 0 Å². The van der Waals surface area contributed by atoms with Crippen LogP contribution in [0.4, 0.5) is 0 Å². The number of hydrogen-bond donors (Lipinski definition) is 1. The highest BCUT2D eigenvalue weighted by atomic mass is 79.9. The van der Waals surface area contributed by atoms with E-state index in [9.17, 15) is 0 Å². The summed E-state index contributed by atoms with van der Waals surface area (Å²) in [6.45, 7) is 2.20. The normalized spacial score (nSPS) is 10.9. The summed E-state index contributed by atoms with van der Waals surface area (Å²) in [5, 5.41) is 13.3. The lowest BCUT2D eigenvalue weighted by Gasteiger charge is -1.99. The van der Waals surface area contributed by atoms with Gasteiger partial charge in [-0.1, -0.05) is 11.3 Å². The van der Waals surface area contributed by atoms with E-state index >= 15 is 0 Å². The largest absolute Gasteiger partial charge is 0.457 e. The molecule has 2 heterocycles. The van der Waals surface area contributed by atoms with Crippen molar-refractivity contribution in [3.05, 3.63) is 22.0 Å². The van der Waals surface area contributed by atoms with Crippen molar-refractivity contribution in [2.24, 2.45) is 0 Å².